The van der Waals surface area contributed by atoms with E-state index in [0.717, 1.165) is 12.1 Å². The summed E-state index contributed by atoms with van der Waals surface area (Å²) in [5.74, 6) is -0.489. The molecule has 0 radical (unpaired) electrons. The van der Waals surface area contributed by atoms with Crippen LogP contribution in [-0.4, -0.2) is 31.0 Å². The number of phenols is 1. The number of hydrogen-bond donors (Lipinski definition) is 2. The molecule has 11 nitrogen and oxygen atoms in total. The predicted molar refractivity (Wildman–Crippen MR) is 125 cm³/mol. The van der Waals surface area contributed by atoms with Gasteiger partial charge in [0.25, 0.3) is 10.1 Å². The maximum atomic E-state index is 12.0. The van der Waals surface area contributed by atoms with E-state index >= 15 is 0 Å². The van der Waals surface area contributed by atoms with Crippen LogP contribution in [0, 0.1) is 0 Å². The van der Waals surface area contributed by atoms with E-state index in [2.05, 4.69) is 20.5 Å². The van der Waals surface area contributed by atoms with Crippen molar-refractivity contribution in [3.8, 4) is 5.75 Å². The Labute approximate surface area is 199 Å². The SMILES string of the molecule is O=S(=O)([O-])c1cc(S(=O)(=O)O)c2c(N=Nc3ccc(N=Nc4ccccc4)cc3)c(O)ccc2c1. The van der Waals surface area contributed by atoms with Crippen molar-refractivity contribution >= 4 is 53.8 Å². The molecule has 178 valence electrons. The van der Waals surface area contributed by atoms with Gasteiger partial charge < -0.3 is 9.66 Å². The Morgan fingerprint density at radius 2 is 1.23 bits per heavy atom. The molecule has 0 amide bonds. The van der Waals surface area contributed by atoms with Gasteiger partial charge in [-0.3, -0.25) is 4.55 Å². The molecular formula is C22H15N4O7S2-. The molecule has 13 heteroatoms. The monoisotopic (exact) mass is 511 g/mol. The highest BCUT2D eigenvalue weighted by Crippen LogP contribution is 2.41. The highest BCUT2D eigenvalue weighted by atomic mass is 32.2. The van der Waals surface area contributed by atoms with Crippen LogP contribution < -0.4 is 0 Å². The fraction of sp³-hybridized carbons (Fsp3) is 0. The number of fused-ring (bicyclic) bond motifs is 1. The largest absolute Gasteiger partial charge is 0.744 e. The molecule has 0 aromatic heterocycles. The molecule has 0 saturated heterocycles. The molecule has 4 aromatic rings. The van der Waals surface area contributed by atoms with Crippen molar-refractivity contribution < 1.29 is 31.0 Å². The van der Waals surface area contributed by atoms with Crippen LogP contribution in [0.4, 0.5) is 22.7 Å². The van der Waals surface area contributed by atoms with Crippen molar-refractivity contribution in [2.24, 2.45) is 20.5 Å². The molecule has 4 rings (SSSR count). The van der Waals surface area contributed by atoms with Crippen LogP contribution in [0.2, 0.25) is 0 Å². The first-order chi connectivity index (χ1) is 16.5. The Hall–Kier alpha value is -4.04. The minimum atomic E-state index is -5.04. The van der Waals surface area contributed by atoms with E-state index in [0.29, 0.717) is 23.1 Å². The molecule has 0 saturated carbocycles. The number of benzene rings is 4. The van der Waals surface area contributed by atoms with Gasteiger partial charge in [0.05, 0.1) is 22.0 Å². The minimum Gasteiger partial charge on any atom is -0.744 e. The van der Waals surface area contributed by atoms with Crippen molar-refractivity contribution in [1.29, 1.82) is 0 Å². The smallest absolute Gasteiger partial charge is 0.295 e. The van der Waals surface area contributed by atoms with Crippen LogP contribution in [0.25, 0.3) is 10.8 Å². The topological polar surface area (TPSA) is 181 Å². The third-order valence-electron chi connectivity index (χ3n) is 4.73. The second kappa shape index (κ2) is 9.31. The molecule has 0 heterocycles. The van der Waals surface area contributed by atoms with Crippen molar-refractivity contribution in [2.45, 2.75) is 9.79 Å². The minimum absolute atomic E-state index is 0.0713. The predicted octanol–water partition coefficient (Wildman–Crippen LogP) is 5.53. The van der Waals surface area contributed by atoms with Crippen LogP contribution >= 0.6 is 0 Å². The Morgan fingerprint density at radius 1 is 0.686 bits per heavy atom. The summed E-state index contributed by atoms with van der Waals surface area (Å²) in [6.07, 6.45) is 0. The van der Waals surface area contributed by atoms with Crippen molar-refractivity contribution in [2.75, 3.05) is 0 Å². The van der Waals surface area contributed by atoms with E-state index in [1.807, 2.05) is 18.2 Å². The number of nitrogens with zero attached hydrogens (tertiary/aromatic N) is 4. The Kier molecular flexibility index (Phi) is 6.41. The molecule has 2 N–H and O–H groups in total. The van der Waals surface area contributed by atoms with Gasteiger partial charge in [-0.25, -0.2) is 8.42 Å². The average Bonchev–Trinajstić information content (AvgIpc) is 2.81. The van der Waals surface area contributed by atoms with E-state index in [9.17, 15) is 31.0 Å². The summed E-state index contributed by atoms with van der Waals surface area (Å²) < 4.78 is 67.9. The number of phenolic OH excluding ortho intramolecular Hbond substituents is 1. The van der Waals surface area contributed by atoms with Crippen LogP contribution in [0.15, 0.2) is 109 Å². The van der Waals surface area contributed by atoms with Gasteiger partial charge in [-0.15, -0.1) is 5.11 Å². The number of azo groups is 2. The Bertz CT molecular complexity index is 1690. The summed E-state index contributed by atoms with van der Waals surface area (Å²) >= 11 is 0. The molecule has 0 aliphatic heterocycles. The normalized spacial score (nSPS) is 12.6. The molecule has 0 spiro atoms. The van der Waals surface area contributed by atoms with Gasteiger partial charge >= 0.3 is 0 Å². The summed E-state index contributed by atoms with van der Waals surface area (Å²) in [5.41, 5.74) is 1.16. The highest BCUT2D eigenvalue weighted by molar-refractivity contribution is 7.86. The van der Waals surface area contributed by atoms with Gasteiger partial charge in [0.15, 0.2) is 0 Å². The van der Waals surface area contributed by atoms with Gasteiger partial charge in [-0.1, -0.05) is 24.3 Å². The second-order valence-corrected chi connectivity index (χ2v) is 9.90. The van der Waals surface area contributed by atoms with E-state index in [1.165, 1.54) is 6.07 Å². The quantitative estimate of drug-likeness (QED) is 0.252. The molecule has 0 atom stereocenters. The van der Waals surface area contributed by atoms with E-state index in [1.54, 1.807) is 36.4 Å². The lowest BCUT2D eigenvalue weighted by molar-refractivity contribution is 0.463. The van der Waals surface area contributed by atoms with E-state index < -0.39 is 35.8 Å². The molecule has 0 unspecified atom stereocenters. The fourth-order valence-corrected chi connectivity index (χ4v) is 4.48. The zero-order valence-corrected chi connectivity index (χ0v) is 19.2. The van der Waals surface area contributed by atoms with Gasteiger partial charge in [-0.2, -0.15) is 23.8 Å². The van der Waals surface area contributed by atoms with Crippen molar-refractivity contribution in [3.05, 3.63) is 78.9 Å². The standard InChI is InChI=1S/C22H16N4O7S2/c27-19-11-6-14-12-18(34(28,29)30)13-20(35(31,32)33)21(14)22(19)26-25-17-9-7-16(8-10-17)24-23-15-4-2-1-3-5-15/h1-13,27H,(H,28,29,30)(H,31,32,33)/p-1. The molecular weight excluding hydrogens is 496 g/mol. The highest BCUT2D eigenvalue weighted by Gasteiger charge is 2.22. The summed E-state index contributed by atoms with van der Waals surface area (Å²) in [6.45, 7) is 0. The summed E-state index contributed by atoms with van der Waals surface area (Å²) in [4.78, 5) is -1.78. The van der Waals surface area contributed by atoms with Crippen LogP contribution in [0.3, 0.4) is 0 Å². The van der Waals surface area contributed by atoms with Crippen LogP contribution in [0.1, 0.15) is 0 Å². The van der Waals surface area contributed by atoms with Crippen LogP contribution in [0.5, 0.6) is 5.75 Å². The summed E-state index contributed by atoms with van der Waals surface area (Å²) in [5, 5.41) is 26.0. The van der Waals surface area contributed by atoms with Crippen molar-refractivity contribution in [3.63, 3.8) is 0 Å². The first-order valence-corrected chi connectivity index (χ1v) is 12.6. The van der Waals surface area contributed by atoms with E-state index in [-0.39, 0.29) is 16.5 Å². The number of rotatable bonds is 6. The summed E-state index contributed by atoms with van der Waals surface area (Å²) in [6, 6.07) is 19.1. The third kappa shape index (κ3) is 5.55. The lowest BCUT2D eigenvalue weighted by atomic mass is 10.1. The average molecular weight is 512 g/mol. The lowest BCUT2D eigenvalue weighted by Crippen LogP contribution is -2.04. The number of hydrogen-bond acceptors (Lipinski definition) is 10. The number of aromatic hydroxyl groups is 1. The summed E-state index contributed by atoms with van der Waals surface area (Å²) in [7, 11) is -10.0. The lowest BCUT2D eigenvalue weighted by Gasteiger charge is -2.13. The zero-order chi connectivity index (χ0) is 25.2. The molecule has 4 aromatic carbocycles. The Morgan fingerprint density at radius 3 is 1.77 bits per heavy atom. The third-order valence-corrected chi connectivity index (χ3v) is 6.42. The van der Waals surface area contributed by atoms with Gasteiger partial charge in [-0.05, 0) is 60.0 Å². The molecule has 0 aliphatic carbocycles. The molecule has 0 aliphatic rings. The zero-order valence-electron chi connectivity index (χ0n) is 17.5. The maximum Gasteiger partial charge on any atom is 0.295 e. The maximum absolute atomic E-state index is 12.0. The second-order valence-electron chi connectivity index (χ2n) is 7.13. The van der Waals surface area contributed by atoms with Crippen LogP contribution in [-0.2, 0) is 20.2 Å². The fourth-order valence-electron chi connectivity index (χ4n) is 3.12. The van der Waals surface area contributed by atoms with Gasteiger partial charge in [0, 0.05) is 5.39 Å². The van der Waals surface area contributed by atoms with Gasteiger partial charge in [0.1, 0.15) is 26.5 Å². The Balaban J connectivity index is 1.74. The van der Waals surface area contributed by atoms with E-state index in [4.69, 9.17) is 0 Å². The molecule has 35 heavy (non-hydrogen) atoms. The molecule has 0 bridgehead atoms. The first-order valence-electron chi connectivity index (χ1n) is 9.74. The molecule has 0 fully saturated rings. The van der Waals surface area contributed by atoms with Gasteiger partial charge in [0.2, 0.25) is 0 Å². The van der Waals surface area contributed by atoms with Crippen molar-refractivity contribution in [1.82, 2.24) is 0 Å². The first kappa shape index (κ1) is 24.1.